The van der Waals surface area contributed by atoms with E-state index in [9.17, 15) is 18.0 Å². The largest absolute Gasteiger partial charge is 0.573 e. The fourth-order valence-corrected chi connectivity index (χ4v) is 1.11. The molecule has 0 saturated carbocycles. The summed E-state index contributed by atoms with van der Waals surface area (Å²) >= 11 is 10.4. The van der Waals surface area contributed by atoms with E-state index in [0.717, 1.165) is 12.4 Å². The molecule has 1 rings (SSSR count). The van der Waals surface area contributed by atoms with Crippen LogP contribution >= 0.6 is 23.2 Å². The molecule has 0 bridgehead atoms. The van der Waals surface area contributed by atoms with Gasteiger partial charge in [0, 0.05) is 12.4 Å². The minimum Gasteiger partial charge on any atom is -0.403 e. The zero-order valence-electron chi connectivity index (χ0n) is 6.81. The maximum atomic E-state index is 11.9. The predicted octanol–water partition coefficient (Wildman–Crippen LogP) is 3.01. The van der Waals surface area contributed by atoms with Crippen molar-refractivity contribution in [1.82, 2.24) is 4.98 Å². The van der Waals surface area contributed by atoms with Crippen molar-refractivity contribution in [2.24, 2.45) is 0 Å². The molecule has 0 aliphatic rings. The number of nitrogens with zero attached hydrogens (tertiary/aromatic N) is 1. The first-order chi connectivity index (χ1) is 6.81. The van der Waals surface area contributed by atoms with E-state index < -0.39 is 27.9 Å². The van der Waals surface area contributed by atoms with Gasteiger partial charge >= 0.3 is 6.36 Å². The van der Waals surface area contributed by atoms with Crippen molar-refractivity contribution in [3.05, 3.63) is 23.0 Å². The van der Waals surface area contributed by atoms with Crippen LogP contribution in [0.25, 0.3) is 0 Å². The third-order valence-electron chi connectivity index (χ3n) is 1.28. The van der Waals surface area contributed by atoms with E-state index in [1.165, 1.54) is 0 Å². The summed E-state index contributed by atoms with van der Waals surface area (Å²) < 4.78 is 39.3. The van der Waals surface area contributed by atoms with Gasteiger partial charge in [0.25, 0.3) is 5.24 Å². The molecule has 0 aliphatic carbocycles. The molecule has 0 radical (unpaired) electrons. The molecular weight excluding hydrogens is 258 g/mol. The molecule has 1 aromatic heterocycles. The summed E-state index contributed by atoms with van der Waals surface area (Å²) in [5.74, 6) is -0.848. The highest BCUT2D eigenvalue weighted by molar-refractivity contribution is 6.68. The Labute approximate surface area is 91.8 Å². The van der Waals surface area contributed by atoms with Crippen LogP contribution in [-0.2, 0) is 0 Å². The summed E-state index contributed by atoms with van der Waals surface area (Å²) in [6.45, 7) is 0. The van der Waals surface area contributed by atoms with E-state index in [2.05, 4.69) is 9.72 Å². The summed E-state index contributed by atoms with van der Waals surface area (Å²) in [4.78, 5) is 14.1. The first-order valence-corrected chi connectivity index (χ1v) is 4.16. The van der Waals surface area contributed by atoms with Gasteiger partial charge in [-0.1, -0.05) is 11.6 Å². The zero-order valence-corrected chi connectivity index (χ0v) is 8.32. The highest BCUT2D eigenvalue weighted by Crippen LogP contribution is 2.33. The molecule has 0 atom stereocenters. The smallest absolute Gasteiger partial charge is 0.403 e. The van der Waals surface area contributed by atoms with Crippen LogP contribution in [0.3, 0.4) is 0 Å². The number of hydrogen-bond acceptors (Lipinski definition) is 3. The van der Waals surface area contributed by atoms with Crippen LogP contribution < -0.4 is 4.74 Å². The van der Waals surface area contributed by atoms with E-state index in [1.54, 1.807) is 0 Å². The number of carbonyl (C=O) groups excluding carboxylic acids is 1. The number of pyridine rings is 1. The molecule has 0 N–H and O–H groups in total. The molecule has 0 spiro atoms. The van der Waals surface area contributed by atoms with Gasteiger partial charge in [0.2, 0.25) is 0 Å². The quantitative estimate of drug-likeness (QED) is 0.767. The first-order valence-electron chi connectivity index (χ1n) is 3.40. The van der Waals surface area contributed by atoms with Gasteiger partial charge in [0.1, 0.15) is 5.02 Å². The Balaban J connectivity index is 3.19. The molecule has 82 valence electrons. The normalized spacial score (nSPS) is 11.3. The van der Waals surface area contributed by atoms with Crippen LogP contribution in [0, 0.1) is 0 Å². The van der Waals surface area contributed by atoms with Gasteiger partial charge in [-0.25, -0.2) is 0 Å². The van der Waals surface area contributed by atoms with Gasteiger partial charge in [-0.05, 0) is 11.6 Å². The molecule has 0 amide bonds. The van der Waals surface area contributed by atoms with Crippen molar-refractivity contribution in [3.8, 4) is 5.75 Å². The number of carbonyl (C=O) groups is 1. The standard InChI is InChI=1S/C7H2Cl2F3NO2/c8-4-2-13-1-3(6(9)14)5(4)15-7(10,11)12/h1-2H. The van der Waals surface area contributed by atoms with E-state index >= 15 is 0 Å². The molecule has 0 saturated heterocycles. The number of hydrogen-bond donors (Lipinski definition) is 0. The van der Waals surface area contributed by atoms with Crippen LogP contribution in [0.15, 0.2) is 12.4 Å². The number of ether oxygens (including phenoxy) is 1. The lowest BCUT2D eigenvalue weighted by Gasteiger charge is -2.11. The molecule has 0 unspecified atom stereocenters. The molecule has 1 heterocycles. The third kappa shape index (κ3) is 3.24. The van der Waals surface area contributed by atoms with Gasteiger partial charge in [0.15, 0.2) is 5.75 Å². The second-order valence-electron chi connectivity index (χ2n) is 2.32. The van der Waals surface area contributed by atoms with Gasteiger partial charge < -0.3 is 4.74 Å². The second kappa shape index (κ2) is 4.24. The topological polar surface area (TPSA) is 39.2 Å². The highest BCUT2D eigenvalue weighted by Gasteiger charge is 2.34. The van der Waals surface area contributed by atoms with Crippen molar-refractivity contribution in [3.63, 3.8) is 0 Å². The summed E-state index contributed by atoms with van der Waals surface area (Å²) in [5, 5.41) is -1.58. The maximum absolute atomic E-state index is 11.9. The molecule has 8 heteroatoms. The van der Waals surface area contributed by atoms with Gasteiger partial charge in [-0.15, -0.1) is 13.2 Å². The maximum Gasteiger partial charge on any atom is 0.573 e. The molecule has 3 nitrogen and oxygen atoms in total. The van der Waals surface area contributed by atoms with Crippen LogP contribution in [0.2, 0.25) is 5.02 Å². The Morgan fingerprint density at radius 2 is 2.00 bits per heavy atom. The molecular formula is C7H2Cl2F3NO2. The lowest BCUT2D eigenvalue weighted by Crippen LogP contribution is -2.19. The van der Waals surface area contributed by atoms with E-state index in [1.807, 2.05) is 0 Å². The van der Waals surface area contributed by atoms with Crippen molar-refractivity contribution < 1.29 is 22.7 Å². The first kappa shape index (κ1) is 12.1. The van der Waals surface area contributed by atoms with E-state index in [0.29, 0.717) is 0 Å². The number of aromatic nitrogens is 1. The van der Waals surface area contributed by atoms with Crippen molar-refractivity contribution in [2.45, 2.75) is 6.36 Å². The molecule has 0 aromatic carbocycles. The van der Waals surface area contributed by atoms with Crippen LogP contribution in [0.4, 0.5) is 13.2 Å². The number of rotatable bonds is 2. The van der Waals surface area contributed by atoms with Crippen LogP contribution in [0.1, 0.15) is 10.4 Å². The van der Waals surface area contributed by atoms with Crippen LogP contribution in [-0.4, -0.2) is 16.6 Å². The SMILES string of the molecule is O=C(Cl)c1cncc(Cl)c1OC(F)(F)F. The number of alkyl halides is 3. The minimum atomic E-state index is -4.95. The predicted molar refractivity (Wildman–Crippen MR) is 46.1 cm³/mol. The summed E-state index contributed by atoms with van der Waals surface area (Å²) in [6, 6.07) is 0. The van der Waals surface area contributed by atoms with Crippen molar-refractivity contribution >= 4 is 28.4 Å². The highest BCUT2D eigenvalue weighted by atomic mass is 35.5. The minimum absolute atomic E-state index is 0.446. The Kier molecular flexibility index (Phi) is 3.41. The van der Waals surface area contributed by atoms with Crippen molar-refractivity contribution in [2.75, 3.05) is 0 Å². The van der Waals surface area contributed by atoms with Gasteiger partial charge in [0.05, 0.1) is 5.56 Å². The second-order valence-corrected chi connectivity index (χ2v) is 3.07. The van der Waals surface area contributed by atoms with E-state index in [-0.39, 0.29) is 0 Å². The summed E-state index contributed by atoms with van der Waals surface area (Å²) in [6.07, 6.45) is -3.21. The Hall–Kier alpha value is -1.01. The van der Waals surface area contributed by atoms with Crippen molar-refractivity contribution in [1.29, 1.82) is 0 Å². The van der Waals surface area contributed by atoms with Gasteiger partial charge in [-0.3, -0.25) is 9.78 Å². The fourth-order valence-electron chi connectivity index (χ4n) is 0.783. The fraction of sp³-hybridized carbons (Fsp3) is 0.143. The molecule has 1 aromatic rings. The average molecular weight is 260 g/mol. The summed E-state index contributed by atoms with van der Waals surface area (Å²) in [5.41, 5.74) is -0.540. The summed E-state index contributed by atoms with van der Waals surface area (Å²) in [7, 11) is 0. The monoisotopic (exact) mass is 259 g/mol. The Morgan fingerprint density at radius 3 is 2.47 bits per heavy atom. The lowest BCUT2D eigenvalue weighted by molar-refractivity contribution is -0.274. The van der Waals surface area contributed by atoms with E-state index in [4.69, 9.17) is 23.2 Å². The molecule has 0 aliphatic heterocycles. The lowest BCUT2D eigenvalue weighted by atomic mass is 10.3. The molecule has 0 fully saturated rings. The van der Waals surface area contributed by atoms with Crippen LogP contribution in [0.5, 0.6) is 5.75 Å². The molecule has 15 heavy (non-hydrogen) atoms. The van der Waals surface area contributed by atoms with Gasteiger partial charge in [-0.2, -0.15) is 0 Å². The number of halogens is 5. The Bertz CT molecular complexity index is 394. The average Bonchev–Trinajstić information content (AvgIpc) is 2.05. The Morgan fingerprint density at radius 1 is 1.40 bits per heavy atom. The third-order valence-corrected chi connectivity index (χ3v) is 1.76. The zero-order chi connectivity index (χ0) is 11.6.